The first-order chi connectivity index (χ1) is 27.3. The van der Waals surface area contributed by atoms with E-state index in [0.29, 0.717) is 0 Å². The maximum Gasteiger partial charge on any atom is 0.0508 e. The fourth-order valence-electron chi connectivity index (χ4n) is 12.8. The smallest absolute Gasteiger partial charge is 0.0508 e. The van der Waals surface area contributed by atoms with Gasteiger partial charge in [0.15, 0.2) is 0 Å². The van der Waals surface area contributed by atoms with Crippen molar-refractivity contribution in [2.75, 3.05) is 4.90 Å². The monoisotopic (exact) mass is 721 g/mol. The minimum atomic E-state index is -0.148. The van der Waals surface area contributed by atoms with Crippen LogP contribution in [0.25, 0.3) is 44.5 Å². The predicted molar refractivity (Wildman–Crippen MR) is 233 cm³/mol. The first-order valence-corrected chi connectivity index (χ1v) is 20.9. The lowest BCUT2D eigenvalue weighted by molar-refractivity contribution is 0.327. The number of hydrogen-bond acceptors (Lipinski definition) is 1. The second kappa shape index (κ2) is 11.2. The molecule has 272 valence electrons. The summed E-state index contributed by atoms with van der Waals surface area (Å²) in [4.78, 5) is 2.59. The van der Waals surface area contributed by atoms with Gasteiger partial charge in [0.1, 0.15) is 0 Å². The molecule has 3 atom stereocenters. The normalized spacial score (nSPS) is 22.0. The van der Waals surface area contributed by atoms with Crippen molar-refractivity contribution in [3.05, 3.63) is 185 Å². The van der Waals surface area contributed by atoms with Crippen molar-refractivity contribution < 1.29 is 0 Å². The van der Waals surface area contributed by atoms with E-state index in [1.807, 2.05) is 0 Å². The maximum atomic E-state index is 2.61. The molecule has 0 N–H and O–H groups in total. The van der Waals surface area contributed by atoms with Crippen molar-refractivity contribution in [2.45, 2.75) is 69.6 Å². The summed E-state index contributed by atoms with van der Waals surface area (Å²) < 4.78 is 0. The third-order valence-corrected chi connectivity index (χ3v) is 15.1. The van der Waals surface area contributed by atoms with E-state index >= 15 is 0 Å². The number of fused-ring (bicyclic) bond motifs is 14. The first-order valence-electron chi connectivity index (χ1n) is 20.9. The molecule has 2 fully saturated rings. The van der Waals surface area contributed by atoms with Crippen LogP contribution in [0.2, 0.25) is 0 Å². The van der Waals surface area contributed by atoms with Gasteiger partial charge < -0.3 is 4.90 Å². The highest BCUT2D eigenvalue weighted by atomic mass is 15.1. The number of hydrogen-bond donors (Lipinski definition) is 0. The van der Waals surface area contributed by atoms with E-state index in [2.05, 4.69) is 184 Å². The van der Waals surface area contributed by atoms with Gasteiger partial charge in [-0.1, -0.05) is 155 Å². The number of benzene rings is 7. The van der Waals surface area contributed by atoms with Crippen LogP contribution in [0.15, 0.2) is 152 Å². The molecule has 1 spiro atoms. The fraction of sp³-hybridized carbons (Fsp3) is 0.236. The van der Waals surface area contributed by atoms with E-state index in [4.69, 9.17) is 0 Å². The summed E-state index contributed by atoms with van der Waals surface area (Å²) in [7, 11) is 0. The Bertz CT molecular complexity index is 2780. The quantitative estimate of drug-likeness (QED) is 0.175. The molecule has 3 unspecified atom stereocenters. The fourth-order valence-corrected chi connectivity index (χ4v) is 12.8. The van der Waals surface area contributed by atoms with Gasteiger partial charge in [-0.3, -0.25) is 0 Å². The van der Waals surface area contributed by atoms with Gasteiger partial charge in [0.05, 0.1) is 5.69 Å². The summed E-state index contributed by atoms with van der Waals surface area (Å²) in [6.45, 7) is 9.62. The molecule has 7 aromatic carbocycles. The molecule has 12 rings (SSSR count). The van der Waals surface area contributed by atoms with Crippen molar-refractivity contribution in [2.24, 2.45) is 11.8 Å². The lowest BCUT2D eigenvalue weighted by Crippen LogP contribution is -2.32. The van der Waals surface area contributed by atoms with E-state index in [1.54, 1.807) is 11.1 Å². The number of nitrogens with zero attached hydrogens (tertiary/aromatic N) is 1. The van der Waals surface area contributed by atoms with Crippen LogP contribution in [0.4, 0.5) is 17.1 Å². The third kappa shape index (κ3) is 4.11. The zero-order valence-corrected chi connectivity index (χ0v) is 32.9. The Kier molecular flexibility index (Phi) is 6.53. The highest BCUT2D eigenvalue weighted by Crippen LogP contribution is 2.66. The predicted octanol–water partition coefficient (Wildman–Crippen LogP) is 14.5. The van der Waals surface area contributed by atoms with E-state index in [-0.39, 0.29) is 16.2 Å². The van der Waals surface area contributed by atoms with Crippen LogP contribution < -0.4 is 4.90 Å². The Labute approximate surface area is 331 Å². The SMILES string of the molecule is CC1(C)c2ccccc2-c2cccc(-c3ccc(N(c4ccc5c(c4)C4(CC6CCC4C6)c4ccccc4-5)c4cccc5c4C(C)(C)c4ccccc4-5)cc3)c21. The molecule has 56 heavy (non-hydrogen) atoms. The summed E-state index contributed by atoms with van der Waals surface area (Å²) in [6, 6.07) is 58.3. The zero-order chi connectivity index (χ0) is 37.6. The van der Waals surface area contributed by atoms with Crippen molar-refractivity contribution in [3.8, 4) is 44.5 Å². The van der Waals surface area contributed by atoms with Gasteiger partial charge >= 0.3 is 0 Å². The van der Waals surface area contributed by atoms with Crippen molar-refractivity contribution in [1.29, 1.82) is 0 Å². The second-order valence-electron chi connectivity index (χ2n) is 18.5. The Hall–Kier alpha value is -5.66. The average Bonchev–Trinajstić information content (AvgIpc) is 4.02. The van der Waals surface area contributed by atoms with Crippen LogP contribution in [0, 0.1) is 11.8 Å². The highest BCUT2D eigenvalue weighted by Gasteiger charge is 2.57. The molecule has 0 amide bonds. The Morgan fingerprint density at radius 3 is 1.64 bits per heavy atom. The molecule has 0 aromatic heterocycles. The molecular formula is C55H47N. The Balaban J connectivity index is 1.05. The van der Waals surface area contributed by atoms with E-state index in [9.17, 15) is 0 Å². The van der Waals surface area contributed by atoms with Gasteiger partial charge in [-0.15, -0.1) is 0 Å². The van der Waals surface area contributed by atoms with Gasteiger partial charge in [-0.25, -0.2) is 0 Å². The third-order valence-electron chi connectivity index (χ3n) is 15.1. The van der Waals surface area contributed by atoms with Crippen molar-refractivity contribution >= 4 is 17.1 Å². The first kappa shape index (κ1) is 32.6. The largest absolute Gasteiger partial charge is 0.310 e. The summed E-state index contributed by atoms with van der Waals surface area (Å²) in [5.41, 5.74) is 23.3. The van der Waals surface area contributed by atoms with Crippen LogP contribution in [-0.4, -0.2) is 0 Å². The van der Waals surface area contributed by atoms with Crippen molar-refractivity contribution in [3.63, 3.8) is 0 Å². The standard InChI is InChI=1S/C55H47N/c1-53(2)46-19-8-5-14-41(46)44-17-11-16-39(51(44)53)35-24-27-37(28-25-35)56(50-22-12-18-45-42-15-6-9-20-47(42)54(3,4)52(45)50)38-29-30-43-40-13-7-10-21-48(40)55(49(43)32-38)33-34-23-26-36(55)31-34/h5-22,24-25,27-30,32,34,36H,23,26,31,33H2,1-4H3. The topological polar surface area (TPSA) is 3.24 Å². The number of rotatable bonds is 4. The molecule has 0 radical (unpaired) electrons. The van der Waals surface area contributed by atoms with E-state index in [1.165, 1.54) is 110 Å². The van der Waals surface area contributed by atoms with E-state index in [0.717, 1.165) is 11.8 Å². The minimum Gasteiger partial charge on any atom is -0.310 e. The molecule has 0 saturated heterocycles. The molecule has 0 heterocycles. The van der Waals surface area contributed by atoms with Crippen LogP contribution in [0.5, 0.6) is 0 Å². The maximum absolute atomic E-state index is 2.61. The molecule has 5 aliphatic rings. The van der Waals surface area contributed by atoms with Crippen LogP contribution in [-0.2, 0) is 16.2 Å². The zero-order valence-electron chi connectivity index (χ0n) is 32.9. The molecule has 0 aliphatic heterocycles. The molecular weight excluding hydrogens is 675 g/mol. The molecule has 2 bridgehead atoms. The molecule has 1 nitrogen and oxygen atoms in total. The lowest BCUT2D eigenvalue weighted by atomic mass is 9.67. The van der Waals surface area contributed by atoms with Crippen molar-refractivity contribution in [1.82, 2.24) is 0 Å². The minimum absolute atomic E-state index is 0.0734. The van der Waals surface area contributed by atoms with Gasteiger partial charge in [-0.2, -0.15) is 0 Å². The highest BCUT2D eigenvalue weighted by molar-refractivity contribution is 5.93. The average molecular weight is 722 g/mol. The lowest BCUT2D eigenvalue weighted by Gasteiger charge is -2.37. The number of anilines is 3. The van der Waals surface area contributed by atoms with E-state index < -0.39 is 0 Å². The van der Waals surface area contributed by atoms with Crippen LogP contribution in [0.1, 0.15) is 86.8 Å². The van der Waals surface area contributed by atoms with Gasteiger partial charge in [0.2, 0.25) is 0 Å². The molecule has 1 heteroatoms. The van der Waals surface area contributed by atoms with Crippen LogP contribution in [0.3, 0.4) is 0 Å². The summed E-state index contributed by atoms with van der Waals surface area (Å²) in [5.74, 6) is 1.55. The van der Waals surface area contributed by atoms with Crippen LogP contribution >= 0.6 is 0 Å². The summed E-state index contributed by atoms with van der Waals surface area (Å²) in [6.07, 6.45) is 5.39. The van der Waals surface area contributed by atoms with Gasteiger partial charge in [-0.05, 0) is 139 Å². The summed E-state index contributed by atoms with van der Waals surface area (Å²) >= 11 is 0. The van der Waals surface area contributed by atoms with Gasteiger partial charge in [0, 0.05) is 27.6 Å². The second-order valence-corrected chi connectivity index (χ2v) is 18.5. The molecule has 2 saturated carbocycles. The Morgan fingerprint density at radius 2 is 0.982 bits per heavy atom. The van der Waals surface area contributed by atoms with Gasteiger partial charge in [0.25, 0.3) is 0 Å². The molecule has 7 aromatic rings. The molecule has 5 aliphatic carbocycles. The Morgan fingerprint density at radius 1 is 0.446 bits per heavy atom. The summed E-state index contributed by atoms with van der Waals surface area (Å²) in [5, 5.41) is 0.